The van der Waals surface area contributed by atoms with Crippen molar-refractivity contribution in [2.24, 2.45) is 0 Å². The fraction of sp³-hybridized carbons (Fsp3) is 0.105. The summed E-state index contributed by atoms with van der Waals surface area (Å²) < 4.78 is 17.9. The van der Waals surface area contributed by atoms with Crippen LogP contribution in [0.3, 0.4) is 0 Å². The topological polar surface area (TPSA) is 115 Å². The van der Waals surface area contributed by atoms with Crippen LogP contribution in [0.4, 0.5) is 0 Å². The van der Waals surface area contributed by atoms with Crippen LogP contribution >= 0.6 is 280 Å². The van der Waals surface area contributed by atoms with Gasteiger partial charge in [0.1, 0.15) is 0 Å². The second kappa shape index (κ2) is 38.2. The summed E-state index contributed by atoms with van der Waals surface area (Å²) in [6.45, 7) is 0. The molecule has 0 bridgehead atoms. The van der Waals surface area contributed by atoms with Gasteiger partial charge in [0.15, 0.2) is 0 Å². The van der Waals surface area contributed by atoms with Gasteiger partial charge in [-0.15, -0.1) is 47.0 Å². The molecular weight excluding hydrogens is 1610 g/mol. The Morgan fingerprint density at radius 1 is 0.385 bits per heavy atom. The maximum absolute atomic E-state index is 7.13. The molecule has 2 aromatic carbocycles. The monoisotopic (exact) mass is 1630 g/mol. The number of hydrogen-bond acceptors (Lipinski definition) is 18. The fourth-order valence-corrected chi connectivity index (χ4v) is 26.5. The van der Waals surface area contributed by atoms with E-state index in [0.29, 0.717) is 0 Å². The molecule has 2 aromatic heterocycles. The third-order valence-corrected chi connectivity index (χ3v) is 31.9. The van der Waals surface area contributed by atoms with Crippen LogP contribution in [0, 0.1) is 0 Å². The Kier molecular flexibility index (Phi) is 37.4. The van der Waals surface area contributed by atoms with Gasteiger partial charge in [-0.1, -0.05) is 191 Å². The first-order chi connectivity index (χ1) is 31.1. The zero-order valence-electron chi connectivity index (χ0n) is 32.0. The van der Waals surface area contributed by atoms with Gasteiger partial charge in [0.2, 0.25) is 0 Å². The third kappa shape index (κ3) is 23.5. The van der Waals surface area contributed by atoms with Crippen molar-refractivity contribution in [3.05, 3.63) is 153 Å². The number of thiocarbonyl (C=S) groups is 4. The summed E-state index contributed by atoms with van der Waals surface area (Å²) in [7, 11) is 0. The number of halogens is 4. The van der Waals surface area contributed by atoms with Crippen molar-refractivity contribution in [1.82, 2.24) is 9.97 Å². The van der Waals surface area contributed by atoms with E-state index >= 15 is 0 Å². The molecule has 6 nitrogen and oxygen atoms in total. The normalized spacial score (nSPS) is 16.3. The van der Waals surface area contributed by atoms with Crippen molar-refractivity contribution in [2.45, 2.75) is 0 Å². The largest absolute Gasteiger partial charge is 4.00 e. The molecule has 4 aromatic rings. The van der Waals surface area contributed by atoms with Gasteiger partial charge in [-0.2, -0.15) is 20.6 Å². The van der Waals surface area contributed by atoms with E-state index in [2.05, 4.69) is 173 Å². The summed E-state index contributed by atoms with van der Waals surface area (Å²) in [5.74, 6) is 5.08. The van der Waals surface area contributed by atoms with Gasteiger partial charge < -0.3 is 21.6 Å². The number of benzene rings is 2. The number of aromatic nitrogens is 2. The average Bonchev–Trinajstić information content (AvgIpc) is 4.11. The molecule has 6 aliphatic rings. The first-order valence-corrected chi connectivity index (χ1v) is 33.1. The fourth-order valence-electron chi connectivity index (χ4n) is 4.35. The van der Waals surface area contributed by atoms with E-state index in [-0.39, 0.29) is 17.4 Å². The summed E-state index contributed by atoms with van der Waals surface area (Å²) in [6.07, 6.45) is 7.36. The quantitative estimate of drug-likeness (QED) is 0.0944. The number of isothiocyanates is 4. The molecule has 6 aliphatic heterocycles. The summed E-state index contributed by atoms with van der Waals surface area (Å²) in [4.78, 5) is 8.03. The molecule has 8 heterocycles. The van der Waals surface area contributed by atoms with Crippen LogP contribution in [0.1, 0.15) is 0 Å². The van der Waals surface area contributed by atoms with E-state index in [1.807, 2.05) is 202 Å². The van der Waals surface area contributed by atoms with E-state index in [0.717, 1.165) is 0 Å². The number of thioether (sulfide) groups is 12. The molecule has 0 unspecified atom stereocenters. The summed E-state index contributed by atoms with van der Waals surface area (Å²) in [6, 6.07) is 20.4. The van der Waals surface area contributed by atoms with E-state index < -0.39 is 0 Å². The van der Waals surface area contributed by atoms with Gasteiger partial charge in [-0.25, -0.2) is 0 Å². The van der Waals surface area contributed by atoms with Crippen LogP contribution in [0.2, 0.25) is 0 Å². The smallest absolute Gasteiger partial charge is 0.753 e. The van der Waals surface area contributed by atoms with E-state index in [4.69, 9.17) is 21.6 Å². The van der Waals surface area contributed by atoms with Gasteiger partial charge in [-0.05, 0) is 124 Å². The van der Waals surface area contributed by atoms with E-state index in [1.165, 1.54) is 93.8 Å². The van der Waals surface area contributed by atoms with Crippen molar-refractivity contribution < 1.29 is 17.4 Å². The number of rotatable bonds is 0. The van der Waals surface area contributed by atoms with Gasteiger partial charge in [-0.3, -0.25) is 9.97 Å². The van der Waals surface area contributed by atoms with Crippen LogP contribution in [0.25, 0.3) is 43.2 Å². The van der Waals surface area contributed by atoms with Crippen LogP contribution < -0.4 is 0 Å². The minimum Gasteiger partial charge on any atom is -0.753 e. The van der Waals surface area contributed by atoms with Crippen LogP contribution in [0.15, 0.2) is 131 Å². The molecule has 27 heteroatoms. The van der Waals surface area contributed by atoms with Crippen molar-refractivity contribution in [1.29, 1.82) is 0 Å². The maximum atomic E-state index is 7.13. The van der Waals surface area contributed by atoms with E-state index in [1.54, 1.807) is 16.9 Å². The molecule has 334 valence electrons. The second-order valence-electron chi connectivity index (χ2n) is 10.4. The first-order valence-electron chi connectivity index (χ1n) is 16.7. The summed E-state index contributed by atoms with van der Waals surface area (Å²) >= 11 is 48.3. The minimum atomic E-state index is 0. The van der Waals surface area contributed by atoms with Crippen molar-refractivity contribution >= 4 is 323 Å². The molecule has 0 radical (unpaired) electrons. The second-order valence-corrected chi connectivity index (χ2v) is 33.0. The molecule has 0 saturated carbocycles. The molecule has 0 atom stereocenters. The Labute approximate surface area is 516 Å². The summed E-state index contributed by atoms with van der Waals surface area (Å²) in [5.41, 5.74) is 0. The average molecular weight is 1640 g/mol. The molecular formula is C38H22CrI4N6S16. The van der Waals surface area contributed by atoms with E-state index in [9.17, 15) is 0 Å². The van der Waals surface area contributed by atoms with Gasteiger partial charge in [0.05, 0.1) is 45.5 Å². The first kappa shape index (κ1) is 63.7. The summed E-state index contributed by atoms with van der Waals surface area (Å²) in [5, 5.41) is 38.8. The Morgan fingerprint density at radius 3 is 0.862 bits per heavy atom. The molecule has 65 heavy (non-hydrogen) atoms. The molecule has 0 fully saturated rings. The van der Waals surface area contributed by atoms with Crippen molar-refractivity contribution in [2.75, 3.05) is 23.0 Å². The Morgan fingerprint density at radius 2 is 0.615 bits per heavy atom. The number of fused-ring (bicyclic) bond motifs is 2. The Balaban J connectivity index is 0.000000278. The molecule has 0 N–H and O–H groups in total. The Bertz CT molecular complexity index is 2200. The standard InChI is InChI=1S/2C9H7N.2C8H4I2S6.4CNS.Cr/c2*1-2-4-9-7-10-6-5-8(9)3-1;2*9-3-4(10)14-7(13-3)8-15-5-6(16-8)12-2-1-11-5;4*2-1-3;/h2*1-7H;2*1-2H2;;;;;/q;;;;4*-1;+4. The number of pyridine rings is 2. The zero-order chi connectivity index (χ0) is 46.7. The van der Waals surface area contributed by atoms with Gasteiger partial charge in [0.25, 0.3) is 0 Å². The minimum absolute atomic E-state index is 0. The van der Waals surface area contributed by atoms with Gasteiger partial charge in [0, 0.05) is 47.8 Å². The SMILES string of the molecule is IC1=C(I)SC(=C2SC3=C(SCCS3)S2)S1.IC1=C(I)SC(=C2SC3=C(SCCS3)S2)S1.[Cr+4].[N-]=C=S.[N-]=C=S.[N-]=C=S.[N-]=C=S.c1ccc2cnccc2c1.c1ccc2cnccc2c1. The van der Waals surface area contributed by atoms with Crippen LogP contribution in [0.5, 0.6) is 0 Å². The van der Waals surface area contributed by atoms with Crippen LogP contribution in [-0.4, -0.2) is 53.6 Å². The maximum Gasteiger partial charge on any atom is 4.00 e. The Hall–Kier alpha value is 2.55. The molecule has 10 rings (SSSR count). The van der Waals surface area contributed by atoms with Crippen LogP contribution in [-0.2, 0) is 17.4 Å². The molecule has 0 spiro atoms. The number of nitrogens with zero attached hydrogens (tertiary/aromatic N) is 6. The zero-order valence-corrected chi connectivity index (χ0v) is 55.0. The van der Waals surface area contributed by atoms with Crippen molar-refractivity contribution in [3.63, 3.8) is 0 Å². The molecule has 0 saturated heterocycles. The van der Waals surface area contributed by atoms with Crippen molar-refractivity contribution in [3.8, 4) is 0 Å². The molecule has 0 aliphatic carbocycles. The molecule has 0 amide bonds. The van der Waals surface area contributed by atoms with Gasteiger partial charge >= 0.3 is 17.4 Å². The third-order valence-electron chi connectivity index (χ3n) is 6.65. The number of hydrogen-bond donors (Lipinski definition) is 0. The predicted octanol–water partition coefficient (Wildman–Crippen LogP) is 20.5. The predicted molar refractivity (Wildman–Crippen MR) is 356 cm³/mol.